The maximum atomic E-state index is 13.8. The fourth-order valence-electron chi connectivity index (χ4n) is 2.86. The van der Waals surface area contributed by atoms with E-state index in [0.29, 0.717) is 18.6 Å². The lowest BCUT2D eigenvalue weighted by molar-refractivity contribution is 0.0383. The van der Waals surface area contributed by atoms with Crippen LogP contribution in [0.4, 0.5) is 4.39 Å². The summed E-state index contributed by atoms with van der Waals surface area (Å²) in [5.41, 5.74) is 0.744. The number of halogens is 1. The standard InChI is InChI=1S/C16H25FN2O/c1-13(2)18-8-9-19(15(12-18)7-10-20)11-14-5-3-4-6-16(14)17/h3-6,13,15,20H,7-12H2,1-2H3/t15-/m1/s1. The van der Waals surface area contributed by atoms with Gasteiger partial charge in [-0.25, -0.2) is 4.39 Å². The monoisotopic (exact) mass is 280 g/mol. The molecular weight excluding hydrogens is 255 g/mol. The minimum atomic E-state index is -0.137. The van der Waals surface area contributed by atoms with Gasteiger partial charge < -0.3 is 5.11 Å². The normalized spacial score (nSPS) is 21.6. The summed E-state index contributed by atoms with van der Waals surface area (Å²) < 4.78 is 13.8. The summed E-state index contributed by atoms with van der Waals surface area (Å²) in [6, 6.07) is 7.79. The van der Waals surface area contributed by atoms with Gasteiger partial charge in [-0.2, -0.15) is 0 Å². The fourth-order valence-corrected chi connectivity index (χ4v) is 2.86. The van der Waals surface area contributed by atoms with Crippen LogP contribution in [0, 0.1) is 5.82 Å². The van der Waals surface area contributed by atoms with Crippen molar-refractivity contribution in [2.75, 3.05) is 26.2 Å². The second kappa shape index (κ2) is 7.16. The molecule has 0 spiro atoms. The molecule has 1 aliphatic heterocycles. The van der Waals surface area contributed by atoms with Crippen LogP contribution in [0.3, 0.4) is 0 Å². The van der Waals surface area contributed by atoms with E-state index in [0.717, 1.165) is 31.6 Å². The lowest BCUT2D eigenvalue weighted by Crippen LogP contribution is -2.54. The zero-order valence-electron chi connectivity index (χ0n) is 12.4. The molecule has 0 unspecified atom stereocenters. The summed E-state index contributed by atoms with van der Waals surface area (Å²) in [6.07, 6.45) is 0.748. The van der Waals surface area contributed by atoms with Crippen LogP contribution < -0.4 is 0 Å². The van der Waals surface area contributed by atoms with Gasteiger partial charge in [-0.1, -0.05) is 18.2 Å². The highest BCUT2D eigenvalue weighted by atomic mass is 19.1. The number of hydrogen-bond donors (Lipinski definition) is 1. The molecule has 0 aliphatic carbocycles. The molecule has 1 aliphatic rings. The largest absolute Gasteiger partial charge is 0.396 e. The Kier molecular flexibility index (Phi) is 5.52. The molecule has 1 fully saturated rings. The Morgan fingerprint density at radius 2 is 2.05 bits per heavy atom. The summed E-state index contributed by atoms with van der Waals surface area (Å²) >= 11 is 0. The number of benzene rings is 1. The van der Waals surface area contributed by atoms with E-state index in [1.165, 1.54) is 6.07 Å². The van der Waals surface area contributed by atoms with E-state index in [-0.39, 0.29) is 12.4 Å². The summed E-state index contributed by atoms with van der Waals surface area (Å²) in [7, 11) is 0. The third-order valence-corrected chi connectivity index (χ3v) is 4.16. The van der Waals surface area contributed by atoms with Crippen LogP contribution in [0.1, 0.15) is 25.8 Å². The first-order valence-corrected chi connectivity index (χ1v) is 7.44. The van der Waals surface area contributed by atoms with E-state index in [1.807, 2.05) is 12.1 Å². The Morgan fingerprint density at radius 3 is 2.70 bits per heavy atom. The van der Waals surface area contributed by atoms with E-state index in [9.17, 15) is 9.50 Å². The van der Waals surface area contributed by atoms with Crippen molar-refractivity contribution in [1.82, 2.24) is 9.80 Å². The van der Waals surface area contributed by atoms with Crippen LogP contribution in [0.25, 0.3) is 0 Å². The van der Waals surface area contributed by atoms with Gasteiger partial charge in [0.05, 0.1) is 0 Å². The van der Waals surface area contributed by atoms with Crippen LogP contribution in [0.15, 0.2) is 24.3 Å². The summed E-state index contributed by atoms with van der Waals surface area (Å²) in [4.78, 5) is 4.73. The molecule has 2 rings (SSSR count). The molecule has 3 nitrogen and oxygen atoms in total. The van der Waals surface area contributed by atoms with Crippen molar-refractivity contribution < 1.29 is 9.50 Å². The van der Waals surface area contributed by atoms with Crippen molar-refractivity contribution >= 4 is 0 Å². The number of aliphatic hydroxyl groups is 1. The number of piperazine rings is 1. The van der Waals surface area contributed by atoms with E-state index in [4.69, 9.17) is 0 Å². The van der Waals surface area contributed by atoms with Crippen molar-refractivity contribution in [3.8, 4) is 0 Å². The van der Waals surface area contributed by atoms with Crippen molar-refractivity contribution in [3.63, 3.8) is 0 Å². The first-order chi connectivity index (χ1) is 9.61. The molecule has 1 aromatic rings. The van der Waals surface area contributed by atoms with E-state index in [1.54, 1.807) is 6.07 Å². The van der Waals surface area contributed by atoms with Crippen LogP contribution in [-0.2, 0) is 6.54 Å². The Hall–Kier alpha value is -0.970. The predicted octanol–water partition coefficient (Wildman–Crippen LogP) is 2.10. The molecule has 0 saturated carbocycles. The van der Waals surface area contributed by atoms with Gasteiger partial charge >= 0.3 is 0 Å². The molecule has 4 heteroatoms. The third kappa shape index (κ3) is 3.78. The average molecular weight is 280 g/mol. The Balaban J connectivity index is 2.04. The average Bonchev–Trinajstić information content (AvgIpc) is 2.43. The predicted molar refractivity (Wildman–Crippen MR) is 79.0 cm³/mol. The molecular formula is C16H25FN2O. The highest BCUT2D eigenvalue weighted by Crippen LogP contribution is 2.19. The van der Waals surface area contributed by atoms with Crippen molar-refractivity contribution in [2.24, 2.45) is 0 Å². The van der Waals surface area contributed by atoms with Gasteiger partial charge in [-0.05, 0) is 26.3 Å². The number of nitrogens with zero attached hydrogens (tertiary/aromatic N) is 2. The molecule has 0 amide bonds. The van der Waals surface area contributed by atoms with Crippen molar-refractivity contribution in [3.05, 3.63) is 35.6 Å². The molecule has 112 valence electrons. The number of hydrogen-bond acceptors (Lipinski definition) is 3. The Labute approximate surface area is 121 Å². The highest BCUT2D eigenvalue weighted by molar-refractivity contribution is 5.17. The molecule has 1 heterocycles. The van der Waals surface area contributed by atoms with Crippen LogP contribution in [-0.4, -0.2) is 53.2 Å². The molecule has 1 saturated heterocycles. The van der Waals surface area contributed by atoms with Gasteiger partial charge in [0.1, 0.15) is 5.82 Å². The maximum Gasteiger partial charge on any atom is 0.127 e. The molecule has 1 N–H and O–H groups in total. The van der Waals surface area contributed by atoms with Crippen LogP contribution in [0.5, 0.6) is 0 Å². The fraction of sp³-hybridized carbons (Fsp3) is 0.625. The van der Waals surface area contributed by atoms with Gasteiger partial charge in [0.25, 0.3) is 0 Å². The molecule has 0 bridgehead atoms. The summed E-state index contributed by atoms with van der Waals surface area (Å²) in [5.74, 6) is -0.137. The van der Waals surface area contributed by atoms with Crippen molar-refractivity contribution in [1.29, 1.82) is 0 Å². The molecule has 1 atom stereocenters. The van der Waals surface area contributed by atoms with Crippen LogP contribution in [0.2, 0.25) is 0 Å². The topological polar surface area (TPSA) is 26.7 Å². The lowest BCUT2D eigenvalue weighted by Gasteiger charge is -2.43. The van der Waals surface area contributed by atoms with Gasteiger partial charge in [0.15, 0.2) is 0 Å². The highest BCUT2D eigenvalue weighted by Gasteiger charge is 2.28. The number of rotatable bonds is 5. The number of aliphatic hydroxyl groups excluding tert-OH is 1. The SMILES string of the molecule is CC(C)N1CCN(Cc2ccccc2F)[C@H](CCO)C1. The first kappa shape index (κ1) is 15.4. The van der Waals surface area contributed by atoms with Gasteiger partial charge in [-0.3, -0.25) is 9.80 Å². The van der Waals surface area contributed by atoms with Crippen molar-refractivity contribution in [2.45, 2.75) is 38.9 Å². The van der Waals surface area contributed by atoms with E-state index >= 15 is 0 Å². The second-order valence-electron chi connectivity index (χ2n) is 5.82. The summed E-state index contributed by atoms with van der Waals surface area (Å²) in [6.45, 7) is 8.09. The minimum Gasteiger partial charge on any atom is -0.396 e. The minimum absolute atomic E-state index is 0.137. The van der Waals surface area contributed by atoms with Gasteiger partial charge in [-0.15, -0.1) is 0 Å². The zero-order valence-corrected chi connectivity index (χ0v) is 12.4. The smallest absolute Gasteiger partial charge is 0.127 e. The van der Waals surface area contributed by atoms with Gasteiger partial charge in [0.2, 0.25) is 0 Å². The first-order valence-electron chi connectivity index (χ1n) is 7.44. The Morgan fingerprint density at radius 1 is 1.30 bits per heavy atom. The van der Waals surface area contributed by atoms with E-state index < -0.39 is 0 Å². The zero-order chi connectivity index (χ0) is 14.5. The molecule has 0 aromatic heterocycles. The third-order valence-electron chi connectivity index (χ3n) is 4.16. The summed E-state index contributed by atoms with van der Waals surface area (Å²) in [5, 5.41) is 9.26. The van der Waals surface area contributed by atoms with Gasteiger partial charge in [0, 0.05) is 50.4 Å². The second-order valence-corrected chi connectivity index (χ2v) is 5.82. The molecule has 0 radical (unpaired) electrons. The maximum absolute atomic E-state index is 13.8. The lowest BCUT2D eigenvalue weighted by atomic mass is 10.1. The Bertz CT molecular complexity index is 425. The quantitative estimate of drug-likeness (QED) is 0.895. The molecule has 20 heavy (non-hydrogen) atoms. The van der Waals surface area contributed by atoms with Crippen LogP contribution >= 0.6 is 0 Å². The van der Waals surface area contributed by atoms with E-state index in [2.05, 4.69) is 23.6 Å². The molecule has 1 aromatic carbocycles.